The first-order chi connectivity index (χ1) is 19.5. The van der Waals surface area contributed by atoms with Crippen LogP contribution in [0.2, 0.25) is 0 Å². The van der Waals surface area contributed by atoms with Crippen molar-refractivity contribution >= 4 is 10.9 Å². The Kier molecular flexibility index (Phi) is 11.2. The minimum Gasteiger partial charge on any atom is -0.491 e. The number of nitrogens with one attached hydrogen (secondary N) is 2. The van der Waals surface area contributed by atoms with Crippen LogP contribution in [0.3, 0.4) is 0 Å². The molecule has 4 rings (SSSR count). The summed E-state index contributed by atoms with van der Waals surface area (Å²) in [4.78, 5) is 15.3. The largest absolute Gasteiger partial charge is 0.491 e. The second kappa shape index (κ2) is 14.8. The zero-order chi connectivity index (χ0) is 28.5. The number of rotatable bonds is 16. The van der Waals surface area contributed by atoms with Gasteiger partial charge in [0.25, 0.3) is 0 Å². The maximum atomic E-state index is 12.3. The SMILES string of the molecule is CCCCOc1ccc([C@H](CNC2Cc3cc(CC)c(CC)cc3C2)O[C@@H](C)OCCCC)c2ccc(=O)[nH]c12. The van der Waals surface area contributed by atoms with Crippen LogP contribution in [0.4, 0.5) is 0 Å². The van der Waals surface area contributed by atoms with Crippen LogP contribution in [0.15, 0.2) is 41.2 Å². The second-order valence-corrected chi connectivity index (χ2v) is 11.0. The van der Waals surface area contributed by atoms with Gasteiger partial charge in [-0.25, -0.2) is 0 Å². The summed E-state index contributed by atoms with van der Waals surface area (Å²) in [5, 5.41) is 4.76. The van der Waals surface area contributed by atoms with Crippen molar-refractivity contribution in [2.75, 3.05) is 19.8 Å². The Balaban J connectivity index is 1.57. The summed E-state index contributed by atoms with van der Waals surface area (Å²) in [6, 6.07) is 12.7. The summed E-state index contributed by atoms with van der Waals surface area (Å²) < 4.78 is 18.6. The molecule has 40 heavy (non-hydrogen) atoms. The molecule has 0 saturated carbocycles. The van der Waals surface area contributed by atoms with Crippen LogP contribution in [-0.2, 0) is 35.2 Å². The van der Waals surface area contributed by atoms with Crippen LogP contribution in [0.1, 0.15) is 94.2 Å². The average Bonchev–Trinajstić information content (AvgIpc) is 3.36. The lowest BCUT2D eigenvalue weighted by Crippen LogP contribution is -2.35. The number of unbranched alkanes of at least 4 members (excludes halogenated alkanes) is 2. The van der Waals surface area contributed by atoms with Crippen molar-refractivity contribution < 1.29 is 14.2 Å². The molecular formula is C34H48N2O4. The van der Waals surface area contributed by atoms with E-state index in [0.29, 0.717) is 31.5 Å². The first kappa shape index (κ1) is 30.3. The highest BCUT2D eigenvalue weighted by Gasteiger charge is 2.26. The lowest BCUT2D eigenvalue weighted by atomic mass is 9.97. The fourth-order valence-electron chi connectivity index (χ4n) is 5.72. The molecule has 2 atom stereocenters. The van der Waals surface area contributed by atoms with Crippen LogP contribution in [0.25, 0.3) is 10.9 Å². The Hall–Kier alpha value is -2.67. The smallest absolute Gasteiger partial charge is 0.248 e. The lowest BCUT2D eigenvalue weighted by molar-refractivity contribution is -0.161. The summed E-state index contributed by atoms with van der Waals surface area (Å²) >= 11 is 0. The molecule has 2 N–H and O–H groups in total. The van der Waals surface area contributed by atoms with Gasteiger partial charge in [-0.1, -0.05) is 58.7 Å². The summed E-state index contributed by atoms with van der Waals surface area (Å²) in [5.41, 5.74) is 7.49. The van der Waals surface area contributed by atoms with Crippen molar-refractivity contribution in [3.8, 4) is 5.75 Å². The molecule has 0 saturated heterocycles. The van der Waals surface area contributed by atoms with E-state index in [4.69, 9.17) is 14.2 Å². The fourth-order valence-corrected chi connectivity index (χ4v) is 5.72. The van der Waals surface area contributed by atoms with Gasteiger partial charge in [-0.05, 0) is 85.4 Å². The van der Waals surface area contributed by atoms with E-state index in [0.717, 1.165) is 67.8 Å². The van der Waals surface area contributed by atoms with Gasteiger partial charge in [0.2, 0.25) is 5.56 Å². The monoisotopic (exact) mass is 548 g/mol. The molecule has 0 spiro atoms. The molecule has 2 aromatic carbocycles. The van der Waals surface area contributed by atoms with E-state index < -0.39 is 0 Å². The third kappa shape index (κ3) is 7.54. The molecule has 0 amide bonds. The van der Waals surface area contributed by atoms with E-state index in [1.54, 1.807) is 6.07 Å². The first-order valence-electron chi connectivity index (χ1n) is 15.4. The van der Waals surface area contributed by atoms with Gasteiger partial charge in [-0.2, -0.15) is 0 Å². The fraction of sp³-hybridized carbons (Fsp3) is 0.559. The number of fused-ring (bicyclic) bond motifs is 2. The quantitative estimate of drug-likeness (QED) is 0.152. The van der Waals surface area contributed by atoms with E-state index in [1.165, 1.54) is 22.3 Å². The predicted molar refractivity (Wildman–Crippen MR) is 164 cm³/mol. The highest BCUT2D eigenvalue weighted by atomic mass is 16.7. The van der Waals surface area contributed by atoms with Crippen molar-refractivity contribution in [1.29, 1.82) is 0 Å². The van der Waals surface area contributed by atoms with Crippen molar-refractivity contribution in [2.45, 2.75) is 104 Å². The number of pyridine rings is 1. The molecular weight excluding hydrogens is 500 g/mol. The van der Waals surface area contributed by atoms with Crippen LogP contribution in [0.5, 0.6) is 5.75 Å². The van der Waals surface area contributed by atoms with Crippen LogP contribution in [-0.4, -0.2) is 37.1 Å². The van der Waals surface area contributed by atoms with E-state index in [2.05, 4.69) is 56.2 Å². The number of aromatic amines is 1. The standard InChI is InChI=1S/C34H48N2O4/c1-6-10-16-38-23(5)40-32(22-35-28-20-26-18-24(8-3)25(9-4)19-27(26)21-28)29-12-14-31(39-17-11-7-2)34-30(29)13-15-33(37)36-34/h12-15,18-19,23,28,32,35H,6-11,16-17,20-22H2,1-5H3,(H,36,37)/t23-,32-/m0/s1. The number of benzene rings is 2. The molecule has 1 aliphatic carbocycles. The molecule has 0 aliphatic heterocycles. The van der Waals surface area contributed by atoms with Gasteiger partial charge >= 0.3 is 0 Å². The van der Waals surface area contributed by atoms with E-state index >= 15 is 0 Å². The van der Waals surface area contributed by atoms with Gasteiger partial charge in [-0.3, -0.25) is 4.79 Å². The minimum absolute atomic E-state index is 0.140. The topological polar surface area (TPSA) is 72.6 Å². The van der Waals surface area contributed by atoms with Crippen molar-refractivity contribution in [3.05, 3.63) is 74.6 Å². The lowest BCUT2D eigenvalue weighted by Gasteiger charge is -2.26. The third-order valence-corrected chi connectivity index (χ3v) is 8.01. The Morgan fingerprint density at radius 1 is 0.925 bits per heavy atom. The summed E-state index contributed by atoms with van der Waals surface area (Å²) in [5.74, 6) is 0.702. The number of hydrogen-bond donors (Lipinski definition) is 2. The first-order valence-corrected chi connectivity index (χ1v) is 15.4. The number of aryl methyl sites for hydroxylation is 2. The summed E-state index contributed by atoms with van der Waals surface area (Å²) in [7, 11) is 0. The highest BCUT2D eigenvalue weighted by Crippen LogP contribution is 2.33. The molecule has 218 valence electrons. The Bertz CT molecular complexity index is 1270. The number of ether oxygens (including phenoxy) is 3. The Morgan fingerprint density at radius 3 is 2.25 bits per heavy atom. The Morgan fingerprint density at radius 2 is 1.60 bits per heavy atom. The van der Waals surface area contributed by atoms with Crippen LogP contribution < -0.4 is 15.6 Å². The molecule has 1 aromatic heterocycles. The highest BCUT2D eigenvalue weighted by molar-refractivity contribution is 5.87. The van der Waals surface area contributed by atoms with Crippen molar-refractivity contribution in [1.82, 2.24) is 10.3 Å². The average molecular weight is 549 g/mol. The van der Waals surface area contributed by atoms with Crippen LogP contribution >= 0.6 is 0 Å². The van der Waals surface area contributed by atoms with Gasteiger partial charge in [0, 0.05) is 30.6 Å². The maximum absolute atomic E-state index is 12.3. The van der Waals surface area contributed by atoms with Crippen molar-refractivity contribution in [3.63, 3.8) is 0 Å². The summed E-state index contributed by atoms with van der Waals surface area (Å²) in [6.45, 7) is 12.7. The number of hydrogen-bond acceptors (Lipinski definition) is 5. The molecule has 0 bridgehead atoms. The molecule has 0 unspecified atom stereocenters. The zero-order valence-electron chi connectivity index (χ0n) is 25.1. The Labute approximate surface area is 239 Å². The zero-order valence-corrected chi connectivity index (χ0v) is 25.1. The van der Waals surface area contributed by atoms with Gasteiger partial charge in [0.15, 0.2) is 6.29 Å². The van der Waals surface area contributed by atoms with Crippen LogP contribution in [0, 0.1) is 0 Å². The second-order valence-electron chi connectivity index (χ2n) is 11.0. The molecule has 3 aromatic rings. The van der Waals surface area contributed by atoms with E-state index in [-0.39, 0.29) is 18.0 Å². The number of aromatic nitrogens is 1. The predicted octanol–water partition coefficient (Wildman–Crippen LogP) is 6.81. The third-order valence-electron chi connectivity index (χ3n) is 8.01. The minimum atomic E-state index is -0.350. The number of H-pyrrole nitrogens is 1. The molecule has 6 nitrogen and oxygen atoms in total. The van der Waals surface area contributed by atoms with Gasteiger partial charge < -0.3 is 24.5 Å². The summed E-state index contributed by atoms with van der Waals surface area (Å²) in [6.07, 6.45) is 7.70. The van der Waals surface area contributed by atoms with Gasteiger partial charge in [0.1, 0.15) is 5.75 Å². The molecule has 6 heteroatoms. The van der Waals surface area contributed by atoms with E-state index in [9.17, 15) is 4.79 Å². The maximum Gasteiger partial charge on any atom is 0.248 e. The van der Waals surface area contributed by atoms with Gasteiger partial charge in [-0.15, -0.1) is 0 Å². The molecule has 0 radical (unpaired) electrons. The van der Waals surface area contributed by atoms with Gasteiger partial charge in [0.05, 0.1) is 18.2 Å². The normalized spacial score (nSPS) is 14.9. The molecule has 1 aliphatic rings. The molecule has 0 fully saturated rings. The molecule has 1 heterocycles. The van der Waals surface area contributed by atoms with E-state index in [1.807, 2.05) is 19.1 Å². The van der Waals surface area contributed by atoms with Crippen molar-refractivity contribution in [2.24, 2.45) is 0 Å².